The van der Waals surface area contributed by atoms with E-state index in [1.807, 2.05) is 0 Å². The van der Waals surface area contributed by atoms with Crippen molar-refractivity contribution in [3.05, 3.63) is 45.7 Å². The molecule has 2 N–H and O–H groups in total. The monoisotopic (exact) mass is 334 g/mol. The number of carbonyl (C=O) groups is 1. The van der Waals surface area contributed by atoms with Gasteiger partial charge in [0.05, 0.1) is 19.2 Å². The molecule has 9 heteroatoms. The van der Waals surface area contributed by atoms with Crippen molar-refractivity contribution in [1.82, 2.24) is 5.32 Å². The lowest BCUT2D eigenvalue weighted by atomic mass is 10.0. The Balaban J connectivity index is 1.71. The van der Waals surface area contributed by atoms with Gasteiger partial charge in [0, 0.05) is 24.1 Å². The quantitative estimate of drug-likeness (QED) is 0.643. The van der Waals surface area contributed by atoms with Gasteiger partial charge >= 0.3 is 5.88 Å². The second kappa shape index (κ2) is 6.11. The third-order valence-corrected chi connectivity index (χ3v) is 3.62. The molecule has 1 amide bonds. The standard InChI is InChI=1S/C15H14N2O7/c1-22-9-5-11(18)10-4-8(7-23-13(10)6-9)16-15(19)12-2-3-14(24-12)17(20)21/h2-3,5-6,8,18H,4,7H2,1H3,(H,16,19). The number of amides is 1. The van der Waals surface area contributed by atoms with Crippen molar-refractivity contribution in [1.29, 1.82) is 0 Å². The maximum Gasteiger partial charge on any atom is 0.433 e. The van der Waals surface area contributed by atoms with Gasteiger partial charge in [0.15, 0.2) is 5.76 Å². The molecule has 0 aliphatic carbocycles. The topological polar surface area (TPSA) is 124 Å². The molecule has 0 spiro atoms. The molecule has 126 valence electrons. The first-order valence-corrected chi connectivity index (χ1v) is 7.05. The summed E-state index contributed by atoms with van der Waals surface area (Å²) in [6.45, 7) is 0.189. The molecule has 2 aromatic rings. The molecule has 1 aromatic carbocycles. The second-order valence-electron chi connectivity index (χ2n) is 5.20. The Morgan fingerprint density at radius 2 is 2.25 bits per heavy atom. The van der Waals surface area contributed by atoms with Crippen LogP contribution in [-0.2, 0) is 6.42 Å². The van der Waals surface area contributed by atoms with Crippen LogP contribution in [0.4, 0.5) is 5.88 Å². The van der Waals surface area contributed by atoms with Crippen molar-refractivity contribution in [2.24, 2.45) is 0 Å². The molecule has 24 heavy (non-hydrogen) atoms. The number of rotatable bonds is 4. The van der Waals surface area contributed by atoms with Crippen LogP contribution in [0.5, 0.6) is 17.2 Å². The summed E-state index contributed by atoms with van der Waals surface area (Å²) in [5.74, 6) is -0.283. The zero-order valence-corrected chi connectivity index (χ0v) is 12.6. The van der Waals surface area contributed by atoms with E-state index in [1.54, 1.807) is 6.07 Å². The van der Waals surface area contributed by atoms with Crippen molar-refractivity contribution in [3.63, 3.8) is 0 Å². The predicted octanol–water partition coefficient (Wildman–Crippen LogP) is 1.64. The lowest BCUT2D eigenvalue weighted by molar-refractivity contribution is -0.402. The van der Waals surface area contributed by atoms with Crippen LogP contribution in [0.25, 0.3) is 0 Å². The fourth-order valence-corrected chi connectivity index (χ4v) is 2.45. The fourth-order valence-electron chi connectivity index (χ4n) is 2.45. The Morgan fingerprint density at radius 1 is 1.46 bits per heavy atom. The van der Waals surface area contributed by atoms with Crippen LogP contribution in [0.1, 0.15) is 16.1 Å². The molecule has 0 fully saturated rings. The lowest BCUT2D eigenvalue weighted by Crippen LogP contribution is -2.42. The normalized spacial score (nSPS) is 16.0. The minimum absolute atomic E-state index is 0.0111. The van der Waals surface area contributed by atoms with E-state index in [0.29, 0.717) is 23.5 Å². The van der Waals surface area contributed by atoms with Crippen LogP contribution in [0.3, 0.4) is 0 Å². The Bertz CT molecular complexity index is 799. The lowest BCUT2D eigenvalue weighted by Gasteiger charge is -2.26. The van der Waals surface area contributed by atoms with Gasteiger partial charge in [-0.25, -0.2) is 0 Å². The average Bonchev–Trinajstić information content (AvgIpc) is 3.05. The molecule has 1 aromatic heterocycles. The molecule has 0 saturated heterocycles. The van der Waals surface area contributed by atoms with Gasteiger partial charge in [-0.3, -0.25) is 14.9 Å². The number of furan rings is 1. The number of ether oxygens (including phenoxy) is 2. The molecule has 0 bridgehead atoms. The minimum atomic E-state index is -0.720. The van der Waals surface area contributed by atoms with Crippen LogP contribution in [0, 0.1) is 10.1 Å². The van der Waals surface area contributed by atoms with Crippen LogP contribution < -0.4 is 14.8 Å². The van der Waals surface area contributed by atoms with Gasteiger partial charge in [0.1, 0.15) is 28.8 Å². The maximum atomic E-state index is 12.1. The summed E-state index contributed by atoms with van der Waals surface area (Å²) in [6.07, 6.45) is 0.347. The number of fused-ring (bicyclic) bond motifs is 1. The third kappa shape index (κ3) is 2.96. The first-order chi connectivity index (χ1) is 11.5. The van der Waals surface area contributed by atoms with Crippen molar-refractivity contribution in [3.8, 4) is 17.2 Å². The number of aromatic hydroxyl groups is 1. The molecular formula is C15H14N2O7. The van der Waals surface area contributed by atoms with E-state index in [-0.39, 0.29) is 18.1 Å². The number of nitro groups is 1. The van der Waals surface area contributed by atoms with Gasteiger partial charge < -0.3 is 24.3 Å². The van der Waals surface area contributed by atoms with Gasteiger partial charge in [-0.05, 0) is 6.07 Å². The predicted molar refractivity (Wildman–Crippen MR) is 80.5 cm³/mol. The van der Waals surface area contributed by atoms with Gasteiger partial charge in [-0.1, -0.05) is 0 Å². The number of hydrogen-bond acceptors (Lipinski definition) is 7. The largest absolute Gasteiger partial charge is 0.507 e. The van der Waals surface area contributed by atoms with Crippen molar-refractivity contribution < 1.29 is 28.7 Å². The molecule has 1 aliphatic rings. The summed E-state index contributed by atoms with van der Waals surface area (Å²) >= 11 is 0. The Morgan fingerprint density at radius 3 is 2.92 bits per heavy atom. The van der Waals surface area contributed by atoms with Gasteiger partial charge in [-0.15, -0.1) is 0 Å². The summed E-state index contributed by atoms with van der Waals surface area (Å²) in [5.41, 5.74) is 0.553. The van der Waals surface area contributed by atoms with Crippen LogP contribution in [0.15, 0.2) is 28.7 Å². The molecule has 1 atom stereocenters. The molecule has 0 radical (unpaired) electrons. The van der Waals surface area contributed by atoms with Crippen molar-refractivity contribution >= 4 is 11.8 Å². The molecule has 3 rings (SSSR count). The molecule has 2 heterocycles. The Labute approximate surface area is 135 Å². The summed E-state index contributed by atoms with van der Waals surface area (Å²) in [4.78, 5) is 21.9. The molecule has 1 aliphatic heterocycles. The Kier molecular flexibility index (Phi) is 3.98. The number of nitrogens with one attached hydrogen (secondary N) is 1. The number of hydrogen-bond donors (Lipinski definition) is 2. The van der Waals surface area contributed by atoms with Crippen LogP contribution in [-0.4, -0.2) is 35.7 Å². The van der Waals surface area contributed by atoms with E-state index in [2.05, 4.69) is 5.32 Å². The van der Waals surface area contributed by atoms with E-state index >= 15 is 0 Å². The summed E-state index contributed by atoms with van der Waals surface area (Å²) in [7, 11) is 1.48. The van der Waals surface area contributed by atoms with Crippen LogP contribution in [0.2, 0.25) is 0 Å². The molecule has 1 unspecified atom stereocenters. The van der Waals surface area contributed by atoms with Gasteiger partial charge in [0.25, 0.3) is 5.91 Å². The minimum Gasteiger partial charge on any atom is -0.507 e. The number of benzene rings is 1. The average molecular weight is 334 g/mol. The zero-order valence-electron chi connectivity index (χ0n) is 12.6. The molecular weight excluding hydrogens is 320 g/mol. The second-order valence-corrected chi connectivity index (χ2v) is 5.20. The van der Waals surface area contributed by atoms with E-state index in [1.165, 1.54) is 19.2 Å². The first kappa shape index (κ1) is 15.7. The molecule has 9 nitrogen and oxygen atoms in total. The van der Waals surface area contributed by atoms with E-state index in [0.717, 1.165) is 6.07 Å². The zero-order chi connectivity index (χ0) is 17.3. The summed E-state index contributed by atoms with van der Waals surface area (Å²) < 4.78 is 15.5. The van der Waals surface area contributed by atoms with Gasteiger partial charge in [-0.2, -0.15) is 0 Å². The SMILES string of the molecule is COc1cc(O)c2c(c1)OCC(NC(=O)c1ccc([N+](=O)[O-])o1)C2. The maximum absolute atomic E-state index is 12.1. The summed E-state index contributed by atoms with van der Waals surface area (Å²) in [6, 6.07) is 5.05. The van der Waals surface area contributed by atoms with Crippen molar-refractivity contribution in [2.45, 2.75) is 12.5 Å². The smallest absolute Gasteiger partial charge is 0.433 e. The van der Waals surface area contributed by atoms with E-state index in [4.69, 9.17) is 13.9 Å². The highest BCUT2D eigenvalue weighted by Crippen LogP contribution is 2.36. The first-order valence-electron chi connectivity index (χ1n) is 7.05. The van der Waals surface area contributed by atoms with Crippen molar-refractivity contribution in [2.75, 3.05) is 13.7 Å². The highest BCUT2D eigenvalue weighted by atomic mass is 16.6. The third-order valence-electron chi connectivity index (χ3n) is 3.62. The Hall–Kier alpha value is -3.23. The molecule has 0 saturated carbocycles. The highest BCUT2D eigenvalue weighted by molar-refractivity contribution is 5.92. The number of phenols is 1. The number of nitrogens with zero attached hydrogens (tertiary/aromatic N) is 1. The number of phenolic OH excluding ortho intramolecular Hbond substituents is 1. The summed E-state index contributed by atoms with van der Waals surface area (Å²) in [5, 5.41) is 23.3. The van der Waals surface area contributed by atoms with Crippen LogP contribution >= 0.6 is 0 Å². The number of carbonyl (C=O) groups excluding carboxylic acids is 1. The number of methoxy groups -OCH3 is 1. The van der Waals surface area contributed by atoms with E-state index < -0.39 is 22.8 Å². The highest BCUT2D eigenvalue weighted by Gasteiger charge is 2.26. The van der Waals surface area contributed by atoms with Gasteiger partial charge in [0.2, 0.25) is 0 Å². The fraction of sp³-hybridized carbons (Fsp3) is 0.267. The van der Waals surface area contributed by atoms with E-state index in [9.17, 15) is 20.0 Å².